The average Bonchev–Trinajstić information content (AvgIpc) is 2.07. The van der Waals surface area contributed by atoms with Crippen molar-refractivity contribution in [1.82, 2.24) is 0 Å². The normalized spacial score (nSPS) is 11.9. The predicted octanol–water partition coefficient (Wildman–Crippen LogP) is 3.73. The summed E-state index contributed by atoms with van der Waals surface area (Å²) in [5.41, 5.74) is 2.10. The summed E-state index contributed by atoms with van der Waals surface area (Å²) >= 11 is 8.24. The number of halogens is 2. The Kier molecular flexibility index (Phi) is 3.83. The van der Waals surface area contributed by atoms with Crippen molar-refractivity contribution in [3.05, 3.63) is 31.9 Å². The van der Waals surface area contributed by atoms with Gasteiger partial charge in [-0.3, -0.25) is 0 Å². The first kappa shape index (κ1) is 12.3. The second-order valence-corrected chi connectivity index (χ2v) is 5.88. The van der Waals surface area contributed by atoms with Gasteiger partial charge in [-0.2, -0.15) is 0 Å². The molecule has 0 aliphatic carbocycles. The SMILES string of the molecule is CC(C)(C)c1cc(I)c(Cl)c(CO)c1. The standard InChI is InChI=1S/C11H14ClIO/c1-11(2,3)8-4-7(6-14)10(12)9(13)5-8/h4-5,14H,6H2,1-3H3. The summed E-state index contributed by atoms with van der Waals surface area (Å²) in [6, 6.07) is 4.05. The minimum atomic E-state index is -0.00124. The maximum Gasteiger partial charge on any atom is 0.0696 e. The maximum atomic E-state index is 9.15. The molecule has 0 fully saturated rings. The fourth-order valence-electron chi connectivity index (χ4n) is 1.19. The van der Waals surface area contributed by atoms with Crippen LogP contribution < -0.4 is 0 Å². The number of hydrogen-bond donors (Lipinski definition) is 1. The highest BCUT2D eigenvalue weighted by Crippen LogP contribution is 2.30. The highest BCUT2D eigenvalue weighted by Gasteiger charge is 2.16. The lowest BCUT2D eigenvalue weighted by molar-refractivity contribution is 0.281. The summed E-state index contributed by atoms with van der Waals surface area (Å²) in [6.07, 6.45) is 0. The molecule has 0 heterocycles. The van der Waals surface area contributed by atoms with E-state index in [9.17, 15) is 0 Å². The van der Waals surface area contributed by atoms with Gasteiger partial charge < -0.3 is 5.11 Å². The molecule has 0 spiro atoms. The van der Waals surface area contributed by atoms with E-state index in [2.05, 4.69) is 49.4 Å². The summed E-state index contributed by atoms with van der Waals surface area (Å²) in [5.74, 6) is 0. The molecule has 0 saturated heterocycles. The molecule has 0 amide bonds. The molecule has 1 aromatic rings. The number of benzene rings is 1. The molecule has 1 aromatic carbocycles. The molecule has 14 heavy (non-hydrogen) atoms. The highest BCUT2D eigenvalue weighted by molar-refractivity contribution is 14.1. The Labute approximate surface area is 104 Å². The lowest BCUT2D eigenvalue weighted by Gasteiger charge is -2.21. The fourth-order valence-corrected chi connectivity index (χ4v) is 2.04. The third-order valence-corrected chi connectivity index (χ3v) is 3.76. The largest absolute Gasteiger partial charge is 0.392 e. The van der Waals surface area contributed by atoms with Crippen LogP contribution in [0.5, 0.6) is 0 Å². The molecule has 0 bridgehead atoms. The van der Waals surface area contributed by atoms with Gasteiger partial charge in [0.2, 0.25) is 0 Å². The van der Waals surface area contributed by atoms with Gasteiger partial charge in [0.15, 0.2) is 0 Å². The van der Waals surface area contributed by atoms with Gasteiger partial charge in [0, 0.05) is 3.57 Å². The molecular weight excluding hydrogens is 310 g/mol. The van der Waals surface area contributed by atoms with Crippen molar-refractivity contribution in [2.24, 2.45) is 0 Å². The van der Waals surface area contributed by atoms with Crippen molar-refractivity contribution in [2.75, 3.05) is 0 Å². The van der Waals surface area contributed by atoms with Gasteiger partial charge in [0.05, 0.1) is 11.6 Å². The second kappa shape index (κ2) is 4.37. The summed E-state index contributed by atoms with van der Waals surface area (Å²) in [4.78, 5) is 0. The summed E-state index contributed by atoms with van der Waals surface area (Å²) in [7, 11) is 0. The predicted molar refractivity (Wildman–Crippen MR) is 68.8 cm³/mol. The first-order valence-corrected chi connectivity index (χ1v) is 5.91. The van der Waals surface area contributed by atoms with Gasteiger partial charge in [-0.1, -0.05) is 38.4 Å². The van der Waals surface area contributed by atoms with Crippen LogP contribution in [0, 0.1) is 3.57 Å². The van der Waals surface area contributed by atoms with E-state index in [0.717, 1.165) is 9.13 Å². The van der Waals surface area contributed by atoms with Gasteiger partial charge in [-0.05, 0) is 45.2 Å². The zero-order chi connectivity index (χ0) is 10.9. The third kappa shape index (κ3) is 2.61. The van der Waals surface area contributed by atoms with Crippen molar-refractivity contribution in [1.29, 1.82) is 0 Å². The molecule has 1 N–H and O–H groups in total. The van der Waals surface area contributed by atoms with Crippen molar-refractivity contribution >= 4 is 34.2 Å². The van der Waals surface area contributed by atoms with E-state index >= 15 is 0 Å². The average molecular weight is 325 g/mol. The van der Waals surface area contributed by atoms with Crippen LogP contribution in [0.15, 0.2) is 12.1 Å². The van der Waals surface area contributed by atoms with E-state index in [0.29, 0.717) is 5.02 Å². The van der Waals surface area contributed by atoms with Crippen LogP contribution in [0.25, 0.3) is 0 Å². The van der Waals surface area contributed by atoms with Crippen LogP contribution in [0.4, 0.5) is 0 Å². The van der Waals surface area contributed by atoms with E-state index in [4.69, 9.17) is 16.7 Å². The van der Waals surface area contributed by atoms with E-state index in [1.54, 1.807) is 0 Å². The van der Waals surface area contributed by atoms with Crippen LogP contribution in [0.3, 0.4) is 0 Å². The monoisotopic (exact) mass is 324 g/mol. The molecule has 0 radical (unpaired) electrons. The Bertz CT molecular complexity index is 342. The molecule has 0 atom stereocenters. The number of rotatable bonds is 1. The van der Waals surface area contributed by atoms with Gasteiger partial charge in [0.1, 0.15) is 0 Å². The molecule has 0 aromatic heterocycles. The minimum absolute atomic E-state index is 0.00124. The van der Waals surface area contributed by atoms with E-state index < -0.39 is 0 Å². The van der Waals surface area contributed by atoms with Crippen molar-refractivity contribution in [3.8, 4) is 0 Å². The smallest absolute Gasteiger partial charge is 0.0696 e. The Morgan fingerprint density at radius 2 is 1.93 bits per heavy atom. The van der Waals surface area contributed by atoms with Crippen molar-refractivity contribution in [2.45, 2.75) is 32.8 Å². The third-order valence-electron chi connectivity index (χ3n) is 2.14. The molecular formula is C11H14ClIO. The minimum Gasteiger partial charge on any atom is -0.392 e. The van der Waals surface area contributed by atoms with E-state index in [1.807, 2.05) is 6.07 Å². The number of hydrogen-bond acceptors (Lipinski definition) is 1. The van der Waals surface area contributed by atoms with Gasteiger partial charge in [-0.15, -0.1) is 0 Å². The van der Waals surface area contributed by atoms with Gasteiger partial charge in [0.25, 0.3) is 0 Å². The zero-order valence-corrected chi connectivity index (χ0v) is 11.5. The molecule has 0 saturated carbocycles. The molecule has 0 unspecified atom stereocenters. The molecule has 0 aliphatic heterocycles. The van der Waals surface area contributed by atoms with Crippen LogP contribution in [0.1, 0.15) is 31.9 Å². The molecule has 1 nitrogen and oxygen atoms in total. The molecule has 3 heteroatoms. The zero-order valence-electron chi connectivity index (χ0n) is 8.56. The van der Waals surface area contributed by atoms with Gasteiger partial charge in [-0.25, -0.2) is 0 Å². The highest BCUT2D eigenvalue weighted by atomic mass is 127. The number of aliphatic hydroxyl groups excluding tert-OH is 1. The molecule has 78 valence electrons. The summed E-state index contributed by atoms with van der Waals surface area (Å²) < 4.78 is 1.00. The Hall–Kier alpha value is 0.200. The van der Waals surface area contributed by atoms with Crippen LogP contribution in [-0.2, 0) is 12.0 Å². The Morgan fingerprint density at radius 1 is 1.36 bits per heavy atom. The quantitative estimate of drug-likeness (QED) is 0.780. The van der Waals surface area contributed by atoms with Crippen molar-refractivity contribution < 1.29 is 5.11 Å². The lowest BCUT2D eigenvalue weighted by Crippen LogP contribution is -2.12. The summed E-state index contributed by atoms with van der Waals surface area (Å²) in [5, 5.41) is 9.81. The number of aliphatic hydroxyl groups is 1. The van der Waals surface area contributed by atoms with Crippen LogP contribution >= 0.6 is 34.2 Å². The van der Waals surface area contributed by atoms with Crippen LogP contribution in [0.2, 0.25) is 5.02 Å². The van der Waals surface area contributed by atoms with E-state index in [-0.39, 0.29) is 12.0 Å². The lowest BCUT2D eigenvalue weighted by atomic mass is 9.86. The summed E-state index contributed by atoms with van der Waals surface area (Å²) in [6.45, 7) is 6.44. The van der Waals surface area contributed by atoms with Crippen LogP contribution in [-0.4, -0.2) is 5.11 Å². The first-order valence-electron chi connectivity index (χ1n) is 4.45. The fraction of sp³-hybridized carbons (Fsp3) is 0.455. The first-order chi connectivity index (χ1) is 6.36. The second-order valence-electron chi connectivity index (χ2n) is 4.34. The van der Waals surface area contributed by atoms with Gasteiger partial charge >= 0.3 is 0 Å². The Morgan fingerprint density at radius 3 is 2.36 bits per heavy atom. The topological polar surface area (TPSA) is 20.2 Å². The Balaban J connectivity index is 3.30. The van der Waals surface area contributed by atoms with E-state index in [1.165, 1.54) is 5.56 Å². The molecule has 1 rings (SSSR count). The maximum absolute atomic E-state index is 9.15. The molecule has 0 aliphatic rings. The van der Waals surface area contributed by atoms with Crippen molar-refractivity contribution in [3.63, 3.8) is 0 Å².